The molecule has 0 bridgehead atoms. The highest BCUT2D eigenvalue weighted by Crippen LogP contribution is 2.55. The Morgan fingerprint density at radius 2 is 1.02 bits per heavy atom. The molecular formula is C39H24N2O2. The fourth-order valence-corrected chi connectivity index (χ4v) is 6.36. The lowest BCUT2D eigenvalue weighted by Crippen LogP contribution is -2.12. The van der Waals surface area contributed by atoms with Gasteiger partial charge in [0.25, 0.3) is 0 Å². The third-order valence-electron chi connectivity index (χ3n) is 8.33. The van der Waals surface area contributed by atoms with Crippen molar-refractivity contribution in [2.45, 2.75) is 0 Å². The van der Waals surface area contributed by atoms with Crippen molar-refractivity contribution in [3.8, 4) is 56.4 Å². The Bertz CT molecular complexity index is 2180. The van der Waals surface area contributed by atoms with Gasteiger partial charge in [-0.3, -0.25) is 4.90 Å². The first-order valence-corrected chi connectivity index (χ1v) is 14.4. The Morgan fingerprint density at radius 1 is 0.419 bits per heavy atom. The van der Waals surface area contributed by atoms with Crippen LogP contribution >= 0.6 is 0 Å². The molecule has 0 spiro atoms. The number of aromatic nitrogens is 1. The lowest BCUT2D eigenvalue weighted by Gasteiger charge is -2.29. The molecule has 43 heavy (non-hydrogen) atoms. The zero-order valence-corrected chi connectivity index (χ0v) is 23.1. The molecule has 0 aliphatic carbocycles. The van der Waals surface area contributed by atoms with E-state index in [1.165, 1.54) is 16.7 Å². The van der Waals surface area contributed by atoms with E-state index in [2.05, 4.69) is 108 Å². The summed E-state index contributed by atoms with van der Waals surface area (Å²) in [6, 6.07) is 48.1. The molecule has 2 aliphatic heterocycles. The molecule has 4 nitrogen and oxygen atoms in total. The van der Waals surface area contributed by atoms with E-state index in [9.17, 15) is 0 Å². The van der Waals surface area contributed by atoms with Crippen LogP contribution < -0.4 is 14.4 Å². The van der Waals surface area contributed by atoms with E-state index < -0.39 is 0 Å². The van der Waals surface area contributed by atoms with Gasteiger partial charge < -0.3 is 9.47 Å². The van der Waals surface area contributed by atoms with Crippen LogP contribution in [0.15, 0.2) is 146 Å². The number of ether oxygens (including phenoxy) is 2. The highest BCUT2D eigenvalue weighted by Gasteiger charge is 2.28. The van der Waals surface area contributed by atoms with Crippen LogP contribution in [0.25, 0.3) is 44.2 Å². The molecule has 3 heterocycles. The van der Waals surface area contributed by atoms with E-state index in [4.69, 9.17) is 14.5 Å². The predicted octanol–water partition coefficient (Wildman–Crippen LogP) is 10.9. The monoisotopic (exact) mass is 552 g/mol. The second-order valence-electron chi connectivity index (χ2n) is 10.8. The van der Waals surface area contributed by atoms with E-state index in [0.29, 0.717) is 0 Å². The average molecular weight is 553 g/mol. The van der Waals surface area contributed by atoms with Gasteiger partial charge in [0.05, 0.1) is 5.69 Å². The third-order valence-corrected chi connectivity index (χ3v) is 8.33. The second kappa shape index (κ2) is 9.33. The fourth-order valence-electron chi connectivity index (χ4n) is 6.36. The van der Waals surface area contributed by atoms with Gasteiger partial charge in [-0.25, -0.2) is 4.98 Å². The minimum Gasteiger partial charge on any atom is -0.456 e. The summed E-state index contributed by atoms with van der Waals surface area (Å²) in [5.41, 5.74) is 8.81. The lowest BCUT2D eigenvalue weighted by molar-refractivity contribution is 0.480. The number of fused-ring (bicyclic) bond motifs is 4. The van der Waals surface area contributed by atoms with Crippen molar-refractivity contribution in [3.05, 3.63) is 146 Å². The van der Waals surface area contributed by atoms with E-state index >= 15 is 0 Å². The summed E-state index contributed by atoms with van der Waals surface area (Å²) in [6.07, 6.45) is 1.83. The number of anilines is 3. The van der Waals surface area contributed by atoms with Crippen molar-refractivity contribution in [2.24, 2.45) is 0 Å². The van der Waals surface area contributed by atoms with Crippen molar-refractivity contribution < 1.29 is 9.47 Å². The van der Waals surface area contributed by atoms with Gasteiger partial charge in [-0.15, -0.1) is 0 Å². The van der Waals surface area contributed by atoms with Gasteiger partial charge in [-0.05, 0) is 89.0 Å². The van der Waals surface area contributed by atoms with Crippen molar-refractivity contribution in [1.29, 1.82) is 0 Å². The molecule has 6 aromatic carbocycles. The van der Waals surface area contributed by atoms with Crippen LogP contribution in [0.3, 0.4) is 0 Å². The normalized spacial score (nSPS) is 12.1. The minimum absolute atomic E-state index is 0.812. The lowest BCUT2D eigenvalue weighted by atomic mass is 9.88. The van der Waals surface area contributed by atoms with Gasteiger partial charge in [0, 0.05) is 39.8 Å². The van der Waals surface area contributed by atoms with Crippen LogP contribution in [-0.4, -0.2) is 4.98 Å². The molecule has 202 valence electrons. The maximum atomic E-state index is 6.65. The number of para-hydroxylation sites is 1. The third kappa shape index (κ3) is 3.74. The van der Waals surface area contributed by atoms with Gasteiger partial charge in [-0.2, -0.15) is 0 Å². The SMILES string of the molecule is c1ccc(-c2ccc(N(c3ccc4c(c3)Oc3ccc5c6c(ccc-4c36)Oc3ccccc3-5)c3ccccn3)cc2)cc1. The highest BCUT2D eigenvalue weighted by molar-refractivity contribution is 6.14. The average Bonchev–Trinajstić information content (AvgIpc) is 3.08. The van der Waals surface area contributed by atoms with Crippen molar-refractivity contribution >= 4 is 28.0 Å². The van der Waals surface area contributed by atoms with Gasteiger partial charge in [0.1, 0.15) is 28.8 Å². The standard InChI is InChI=1S/C39H24N2O2/c1-2-8-25(9-3-1)26-13-15-27(16-14-26)41(37-12-6-7-23-40-37)28-17-18-30-32-20-21-34-38-31(29-10-4-5-11-33(29)42-34)19-22-35(39(32)38)43-36(30)24-28/h1-24H. The second-order valence-corrected chi connectivity index (χ2v) is 10.8. The van der Waals surface area contributed by atoms with Crippen molar-refractivity contribution in [3.63, 3.8) is 0 Å². The fraction of sp³-hybridized carbons (Fsp3) is 0. The Hall–Kier alpha value is -5.87. The van der Waals surface area contributed by atoms with Gasteiger partial charge in [0.2, 0.25) is 0 Å². The van der Waals surface area contributed by atoms with Crippen LogP contribution in [0.2, 0.25) is 0 Å². The predicted molar refractivity (Wildman–Crippen MR) is 173 cm³/mol. The number of rotatable bonds is 4. The van der Waals surface area contributed by atoms with Crippen LogP contribution in [0, 0.1) is 0 Å². The Labute approximate surface area is 249 Å². The van der Waals surface area contributed by atoms with Crippen molar-refractivity contribution in [2.75, 3.05) is 4.90 Å². The van der Waals surface area contributed by atoms with Crippen LogP contribution in [0.4, 0.5) is 17.2 Å². The van der Waals surface area contributed by atoms with E-state index in [1.807, 2.05) is 42.6 Å². The molecule has 0 saturated carbocycles. The number of pyridine rings is 1. The molecule has 7 aromatic rings. The number of hydrogen-bond acceptors (Lipinski definition) is 4. The van der Waals surface area contributed by atoms with Gasteiger partial charge in [-0.1, -0.05) is 66.7 Å². The smallest absolute Gasteiger partial charge is 0.137 e. The zero-order chi connectivity index (χ0) is 28.3. The van der Waals surface area contributed by atoms with E-state index in [0.717, 1.165) is 67.7 Å². The Kier molecular flexibility index (Phi) is 5.16. The molecule has 2 aliphatic rings. The molecule has 1 aromatic heterocycles. The van der Waals surface area contributed by atoms with Crippen LogP contribution in [0.5, 0.6) is 23.0 Å². The summed E-state index contributed by atoms with van der Waals surface area (Å²) >= 11 is 0. The highest BCUT2D eigenvalue weighted by atomic mass is 16.5. The summed E-state index contributed by atoms with van der Waals surface area (Å²) in [5, 5.41) is 2.18. The molecule has 0 saturated heterocycles. The summed E-state index contributed by atoms with van der Waals surface area (Å²) in [4.78, 5) is 6.88. The van der Waals surface area contributed by atoms with E-state index in [1.54, 1.807) is 0 Å². The molecular weight excluding hydrogens is 528 g/mol. The largest absolute Gasteiger partial charge is 0.456 e. The van der Waals surface area contributed by atoms with Crippen LogP contribution in [-0.2, 0) is 0 Å². The molecule has 4 heteroatoms. The Morgan fingerprint density at radius 3 is 1.77 bits per heavy atom. The molecule has 0 radical (unpaired) electrons. The topological polar surface area (TPSA) is 34.6 Å². The molecule has 0 amide bonds. The first kappa shape index (κ1) is 23.8. The first-order chi connectivity index (χ1) is 21.3. The summed E-state index contributed by atoms with van der Waals surface area (Å²) in [5.74, 6) is 4.22. The first-order valence-electron chi connectivity index (χ1n) is 14.4. The summed E-state index contributed by atoms with van der Waals surface area (Å²) in [6.45, 7) is 0. The zero-order valence-electron chi connectivity index (χ0n) is 23.1. The summed E-state index contributed by atoms with van der Waals surface area (Å²) in [7, 11) is 0. The molecule has 0 atom stereocenters. The number of hydrogen-bond donors (Lipinski definition) is 0. The number of nitrogens with zero attached hydrogens (tertiary/aromatic N) is 2. The Balaban J connectivity index is 1.17. The van der Waals surface area contributed by atoms with E-state index in [-0.39, 0.29) is 0 Å². The van der Waals surface area contributed by atoms with Gasteiger partial charge in [0.15, 0.2) is 0 Å². The number of benzene rings is 6. The van der Waals surface area contributed by atoms with Gasteiger partial charge >= 0.3 is 0 Å². The molecule has 0 N–H and O–H groups in total. The minimum atomic E-state index is 0.812. The molecule has 0 unspecified atom stereocenters. The van der Waals surface area contributed by atoms with Crippen LogP contribution in [0.1, 0.15) is 0 Å². The van der Waals surface area contributed by atoms with Crippen molar-refractivity contribution in [1.82, 2.24) is 4.98 Å². The quantitative estimate of drug-likeness (QED) is 0.217. The molecule has 0 fully saturated rings. The maximum Gasteiger partial charge on any atom is 0.137 e. The summed E-state index contributed by atoms with van der Waals surface area (Å²) < 4.78 is 13.0. The maximum absolute atomic E-state index is 6.65. The molecule has 9 rings (SSSR count).